The van der Waals surface area contributed by atoms with Crippen LogP contribution >= 0.6 is 0 Å². The fourth-order valence-corrected chi connectivity index (χ4v) is 5.50. The predicted molar refractivity (Wildman–Crippen MR) is 150 cm³/mol. The topological polar surface area (TPSA) is 93.1 Å². The van der Waals surface area contributed by atoms with Crippen LogP contribution in [0.2, 0.25) is 0 Å². The van der Waals surface area contributed by atoms with E-state index in [0.29, 0.717) is 40.6 Å². The third-order valence-electron chi connectivity index (χ3n) is 7.47. The van der Waals surface area contributed by atoms with Gasteiger partial charge in [0.05, 0.1) is 28.2 Å². The Balaban J connectivity index is 1.54. The molecular formula is C30H30F3N7O. The second-order valence-corrected chi connectivity index (χ2v) is 11.0. The van der Waals surface area contributed by atoms with Gasteiger partial charge in [0, 0.05) is 25.7 Å². The van der Waals surface area contributed by atoms with E-state index in [9.17, 15) is 18.3 Å². The van der Waals surface area contributed by atoms with Crippen molar-refractivity contribution in [3.8, 4) is 22.5 Å². The maximum atomic E-state index is 13.4. The Hall–Kier alpha value is -4.25. The Morgan fingerprint density at radius 3 is 2.54 bits per heavy atom. The zero-order valence-corrected chi connectivity index (χ0v) is 23.4. The number of nitrogens with zero attached hydrogens (tertiary/aromatic N) is 6. The first kappa shape index (κ1) is 26.9. The molecule has 2 aromatic carbocycles. The molecule has 0 aliphatic carbocycles. The number of nitrogens with one attached hydrogen (secondary N) is 1. The van der Waals surface area contributed by atoms with Crippen LogP contribution < -0.4 is 10.8 Å². The van der Waals surface area contributed by atoms with E-state index in [1.807, 2.05) is 35.9 Å². The van der Waals surface area contributed by atoms with Gasteiger partial charge in [-0.15, -0.1) is 0 Å². The van der Waals surface area contributed by atoms with Crippen LogP contribution in [0.15, 0.2) is 53.5 Å². The number of aryl methyl sites for hydroxylation is 2. The second kappa shape index (κ2) is 9.41. The molecule has 3 aromatic rings. The summed E-state index contributed by atoms with van der Waals surface area (Å²) in [6.07, 6.45) is -4.43. The largest absolute Gasteiger partial charge is 0.416 e. The predicted octanol–water partition coefficient (Wildman–Crippen LogP) is 5.58. The molecule has 0 bridgehead atoms. The average Bonchev–Trinajstić information content (AvgIpc) is 3.53. The number of hydrogen-bond donors (Lipinski definition) is 2. The summed E-state index contributed by atoms with van der Waals surface area (Å²) in [7, 11) is 1.88. The van der Waals surface area contributed by atoms with Crippen LogP contribution in [0.25, 0.3) is 33.5 Å². The van der Waals surface area contributed by atoms with Gasteiger partial charge in [0.2, 0.25) is 0 Å². The minimum atomic E-state index is -4.43. The van der Waals surface area contributed by atoms with Gasteiger partial charge in [0.25, 0.3) is 0 Å². The number of hydrogen-bond acceptors (Lipinski definition) is 6. The summed E-state index contributed by atoms with van der Waals surface area (Å²) >= 11 is 0. The summed E-state index contributed by atoms with van der Waals surface area (Å²) in [5.74, 6) is 2.71. The quantitative estimate of drug-likeness (QED) is 0.299. The summed E-state index contributed by atoms with van der Waals surface area (Å²) in [5, 5.41) is 14.1. The first-order valence-electron chi connectivity index (χ1n) is 13.4. The van der Waals surface area contributed by atoms with Crippen LogP contribution in [0, 0.1) is 6.92 Å². The SMILES string of the molecule is Cc1nc2n3c(c(-c4ccc5nc(C(C)(C)O)n(C)c5c4)cc-2c(=NC(C)c2cccc(C(F)(F)F)c2)n1)NCC3. The Labute approximate surface area is 234 Å². The second-order valence-electron chi connectivity index (χ2n) is 11.0. The molecule has 0 saturated carbocycles. The van der Waals surface area contributed by atoms with Gasteiger partial charge >= 0.3 is 6.18 Å². The van der Waals surface area contributed by atoms with Crippen molar-refractivity contribution in [1.82, 2.24) is 24.1 Å². The highest BCUT2D eigenvalue weighted by Gasteiger charge is 2.31. The van der Waals surface area contributed by atoms with E-state index < -0.39 is 23.4 Å². The number of rotatable bonds is 4. The maximum Gasteiger partial charge on any atom is 0.416 e. The number of alkyl halides is 3. The Morgan fingerprint density at radius 2 is 1.80 bits per heavy atom. The number of pyridine rings is 1. The molecule has 0 saturated heterocycles. The smallest absolute Gasteiger partial charge is 0.383 e. The zero-order valence-electron chi connectivity index (χ0n) is 23.4. The lowest BCUT2D eigenvalue weighted by Gasteiger charge is -2.19. The molecule has 1 aromatic heterocycles. The zero-order chi connectivity index (χ0) is 29.3. The summed E-state index contributed by atoms with van der Waals surface area (Å²) in [5.41, 5.74) is 3.27. The molecule has 0 spiro atoms. The van der Waals surface area contributed by atoms with Gasteiger partial charge in [0.15, 0.2) is 5.49 Å². The highest BCUT2D eigenvalue weighted by atomic mass is 19.4. The Bertz CT molecular complexity index is 1850. The molecule has 1 unspecified atom stereocenters. The van der Waals surface area contributed by atoms with E-state index in [1.165, 1.54) is 6.07 Å². The van der Waals surface area contributed by atoms with Crippen molar-refractivity contribution < 1.29 is 18.3 Å². The first-order chi connectivity index (χ1) is 19.3. The van der Waals surface area contributed by atoms with Crippen LogP contribution in [0.4, 0.5) is 19.0 Å². The molecule has 11 heteroatoms. The standard InChI is InChI=1S/C30H30F3N7O/c1-16(18-7-6-8-20(13-18)30(31,32)33)35-25-22-15-21(26-34-11-12-40(26)27(22)37-17(2)36-25)19-9-10-23-24(14-19)39(5)28(38-23)29(3,4)41/h6-10,13-16,34,41H,11-12H2,1-5H3. The van der Waals surface area contributed by atoms with Crippen molar-refractivity contribution >= 4 is 16.9 Å². The number of fused-ring (bicyclic) bond motifs is 4. The van der Waals surface area contributed by atoms with Gasteiger partial charge in [0.1, 0.15) is 28.9 Å². The van der Waals surface area contributed by atoms with Gasteiger partial charge in [-0.05, 0) is 69.2 Å². The lowest BCUT2D eigenvalue weighted by molar-refractivity contribution is -0.137. The van der Waals surface area contributed by atoms with Gasteiger partial charge in [-0.3, -0.25) is 4.99 Å². The summed E-state index contributed by atoms with van der Waals surface area (Å²) in [4.78, 5) is 18.8. The number of halogens is 3. The summed E-state index contributed by atoms with van der Waals surface area (Å²) in [6.45, 7) is 8.37. The Morgan fingerprint density at radius 1 is 1.02 bits per heavy atom. The van der Waals surface area contributed by atoms with E-state index in [0.717, 1.165) is 46.7 Å². The molecule has 0 amide bonds. The monoisotopic (exact) mass is 561 g/mol. The van der Waals surface area contributed by atoms with Gasteiger partial charge in [-0.25, -0.2) is 15.0 Å². The molecule has 4 heterocycles. The number of aliphatic hydroxyl groups is 1. The summed E-state index contributed by atoms with van der Waals surface area (Å²) in [6, 6.07) is 12.6. The minimum Gasteiger partial charge on any atom is -0.383 e. The molecule has 212 valence electrons. The molecule has 41 heavy (non-hydrogen) atoms. The fraction of sp³-hybridized carbons (Fsp3) is 0.333. The third kappa shape index (κ3) is 4.73. The first-order valence-corrected chi connectivity index (χ1v) is 13.4. The van der Waals surface area contributed by atoms with E-state index in [-0.39, 0.29) is 0 Å². The highest BCUT2D eigenvalue weighted by Crippen LogP contribution is 2.38. The minimum absolute atomic E-state index is 0.423. The average molecular weight is 562 g/mol. The van der Waals surface area contributed by atoms with Crippen molar-refractivity contribution in [3.05, 3.63) is 76.8 Å². The number of aromatic nitrogens is 5. The number of anilines is 1. The fourth-order valence-electron chi connectivity index (χ4n) is 5.50. The van der Waals surface area contributed by atoms with E-state index in [2.05, 4.69) is 19.9 Å². The van der Waals surface area contributed by atoms with E-state index >= 15 is 0 Å². The molecular weight excluding hydrogens is 531 g/mol. The van der Waals surface area contributed by atoms with Crippen molar-refractivity contribution in [2.24, 2.45) is 12.0 Å². The third-order valence-corrected chi connectivity index (χ3v) is 7.47. The number of imidazole rings is 1. The molecule has 1 atom stereocenters. The van der Waals surface area contributed by atoms with Gasteiger partial charge < -0.3 is 19.6 Å². The molecule has 0 fully saturated rings. The maximum absolute atomic E-state index is 13.4. The van der Waals surface area contributed by atoms with Crippen LogP contribution in [0.3, 0.4) is 0 Å². The molecule has 6 rings (SSSR count). The summed E-state index contributed by atoms with van der Waals surface area (Å²) < 4.78 is 44.1. The number of benzene rings is 2. The lowest BCUT2D eigenvalue weighted by atomic mass is 10.0. The molecule has 3 aliphatic heterocycles. The molecule has 8 nitrogen and oxygen atoms in total. The van der Waals surface area contributed by atoms with Crippen LogP contribution in [0.1, 0.15) is 49.6 Å². The molecule has 0 radical (unpaired) electrons. The molecule has 2 N–H and O–H groups in total. The van der Waals surface area contributed by atoms with Crippen LogP contribution in [-0.2, 0) is 25.4 Å². The van der Waals surface area contributed by atoms with Crippen molar-refractivity contribution in [1.29, 1.82) is 0 Å². The normalized spacial score (nSPS) is 15.0. The van der Waals surface area contributed by atoms with Crippen molar-refractivity contribution in [3.63, 3.8) is 0 Å². The van der Waals surface area contributed by atoms with Gasteiger partial charge in [-0.2, -0.15) is 13.2 Å². The van der Waals surface area contributed by atoms with E-state index in [4.69, 9.17) is 9.98 Å². The van der Waals surface area contributed by atoms with Crippen LogP contribution in [-0.4, -0.2) is 35.7 Å². The van der Waals surface area contributed by atoms with Crippen molar-refractivity contribution in [2.75, 3.05) is 11.9 Å². The van der Waals surface area contributed by atoms with Crippen molar-refractivity contribution in [2.45, 2.75) is 52.1 Å². The van der Waals surface area contributed by atoms with Crippen LogP contribution in [0.5, 0.6) is 0 Å². The highest BCUT2D eigenvalue weighted by molar-refractivity contribution is 5.88. The lowest BCUT2D eigenvalue weighted by Crippen LogP contribution is -2.21. The van der Waals surface area contributed by atoms with E-state index in [1.54, 1.807) is 33.8 Å². The van der Waals surface area contributed by atoms with Gasteiger partial charge in [-0.1, -0.05) is 18.2 Å². The molecule has 3 aliphatic rings. The Kier molecular flexibility index (Phi) is 6.18.